The molecule has 0 heterocycles. The van der Waals surface area contributed by atoms with Crippen LogP contribution in [-0.2, 0) is 4.79 Å². The van der Waals surface area contributed by atoms with Crippen LogP contribution in [0.3, 0.4) is 0 Å². The van der Waals surface area contributed by atoms with E-state index in [0.717, 1.165) is 19.3 Å². The van der Waals surface area contributed by atoms with E-state index in [2.05, 4.69) is 10.6 Å². The standard InChI is InChI=1S/C9H19N3O3/c1-7(12-9(10)15)8(14)11-5-3-2-4-6-13/h7,13H,2-6H2,1H3,(H,11,14)(H3,10,12,15). The fraction of sp³-hybridized carbons (Fsp3) is 0.778. The van der Waals surface area contributed by atoms with Gasteiger partial charge in [-0.15, -0.1) is 0 Å². The molecule has 88 valence electrons. The highest BCUT2D eigenvalue weighted by Crippen LogP contribution is 1.92. The number of nitrogens with one attached hydrogen (secondary N) is 2. The van der Waals surface area contributed by atoms with Crippen LogP contribution in [-0.4, -0.2) is 36.2 Å². The van der Waals surface area contributed by atoms with Gasteiger partial charge in [0, 0.05) is 13.2 Å². The van der Waals surface area contributed by atoms with Crippen LogP contribution in [0.5, 0.6) is 0 Å². The molecular weight excluding hydrogens is 198 g/mol. The maximum absolute atomic E-state index is 11.3. The van der Waals surface area contributed by atoms with Crippen LogP contribution in [0.1, 0.15) is 26.2 Å². The summed E-state index contributed by atoms with van der Waals surface area (Å²) in [7, 11) is 0. The van der Waals surface area contributed by atoms with Crippen molar-refractivity contribution < 1.29 is 14.7 Å². The van der Waals surface area contributed by atoms with Gasteiger partial charge >= 0.3 is 6.03 Å². The lowest BCUT2D eigenvalue weighted by Crippen LogP contribution is -2.46. The van der Waals surface area contributed by atoms with Crippen LogP contribution in [0.4, 0.5) is 4.79 Å². The van der Waals surface area contributed by atoms with Crippen molar-refractivity contribution in [3.63, 3.8) is 0 Å². The molecule has 0 saturated heterocycles. The Morgan fingerprint density at radius 2 is 2.00 bits per heavy atom. The van der Waals surface area contributed by atoms with Crippen LogP contribution in [0.15, 0.2) is 0 Å². The quantitative estimate of drug-likeness (QED) is 0.425. The maximum Gasteiger partial charge on any atom is 0.312 e. The van der Waals surface area contributed by atoms with Crippen LogP contribution in [0, 0.1) is 0 Å². The van der Waals surface area contributed by atoms with E-state index >= 15 is 0 Å². The molecule has 15 heavy (non-hydrogen) atoms. The predicted octanol–water partition coefficient (Wildman–Crippen LogP) is -0.678. The Kier molecular flexibility index (Phi) is 7.35. The van der Waals surface area contributed by atoms with Gasteiger partial charge in [-0.05, 0) is 26.2 Å². The molecule has 6 heteroatoms. The summed E-state index contributed by atoms with van der Waals surface area (Å²) in [6.07, 6.45) is 2.43. The number of unbranched alkanes of at least 4 members (excludes halogenated alkanes) is 2. The molecule has 0 fully saturated rings. The zero-order valence-corrected chi connectivity index (χ0v) is 8.95. The van der Waals surface area contributed by atoms with Gasteiger partial charge in [-0.2, -0.15) is 0 Å². The Hall–Kier alpha value is -1.30. The molecule has 1 unspecified atom stereocenters. The molecule has 0 aromatic heterocycles. The molecule has 0 aliphatic rings. The highest BCUT2D eigenvalue weighted by molar-refractivity contribution is 5.86. The fourth-order valence-corrected chi connectivity index (χ4v) is 1.06. The first-order chi connectivity index (χ1) is 7.07. The van der Waals surface area contributed by atoms with E-state index in [9.17, 15) is 9.59 Å². The van der Waals surface area contributed by atoms with E-state index in [1.54, 1.807) is 6.92 Å². The van der Waals surface area contributed by atoms with Crippen molar-refractivity contribution in [2.24, 2.45) is 5.73 Å². The third kappa shape index (κ3) is 7.75. The summed E-state index contributed by atoms with van der Waals surface area (Å²) in [6, 6.07) is -1.32. The number of rotatable bonds is 7. The lowest BCUT2D eigenvalue weighted by atomic mass is 10.2. The lowest BCUT2D eigenvalue weighted by molar-refractivity contribution is -0.122. The van der Waals surface area contributed by atoms with E-state index in [0.29, 0.717) is 6.54 Å². The predicted molar refractivity (Wildman–Crippen MR) is 56.1 cm³/mol. The second kappa shape index (κ2) is 8.05. The van der Waals surface area contributed by atoms with E-state index in [-0.39, 0.29) is 12.5 Å². The number of amides is 3. The maximum atomic E-state index is 11.3. The minimum atomic E-state index is -0.710. The van der Waals surface area contributed by atoms with Crippen LogP contribution >= 0.6 is 0 Å². The van der Waals surface area contributed by atoms with Crippen molar-refractivity contribution in [2.75, 3.05) is 13.2 Å². The zero-order chi connectivity index (χ0) is 11.7. The van der Waals surface area contributed by atoms with Crippen molar-refractivity contribution >= 4 is 11.9 Å². The van der Waals surface area contributed by atoms with Gasteiger partial charge in [-0.3, -0.25) is 4.79 Å². The van der Waals surface area contributed by atoms with Crippen molar-refractivity contribution in [3.05, 3.63) is 0 Å². The monoisotopic (exact) mass is 217 g/mol. The van der Waals surface area contributed by atoms with Gasteiger partial charge in [0.05, 0.1) is 0 Å². The normalized spacial score (nSPS) is 11.9. The third-order valence-corrected chi connectivity index (χ3v) is 1.89. The number of hydrogen-bond donors (Lipinski definition) is 4. The Bertz CT molecular complexity index is 209. The molecule has 0 bridgehead atoms. The summed E-state index contributed by atoms with van der Waals surface area (Å²) >= 11 is 0. The number of carbonyl (C=O) groups excluding carboxylic acids is 2. The first kappa shape index (κ1) is 13.7. The molecule has 0 rings (SSSR count). The minimum absolute atomic E-state index is 0.174. The van der Waals surface area contributed by atoms with Gasteiger partial charge in [0.15, 0.2) is 0 Å². The highest BCUT2D eigenvalue weighted by Gasteiger charge is 2.12. The molecule has 0 aliphatic heterocycles. The van der Waals surface area contributed by atoms with Crippen molar-refractivity contribution in [2.45, 2.75) is 32.2 Å². The van der Waals surface area contributed by atoms with E-state index < -0.39 is 12.1 Å². The number of urea groups is 1. The van der Waals surface area contributed by atoms with E-state index in [1.807, 2.05) is 0 Å². The van der Waals surface area contributed by atoms with Crippen molar-refractivity contribution in [3.8, 4) is 0 Å². The zero-order valence-electron chi connectivity index (χ0n) is 8.95. The van der Waals surface area contributed by atoms with Crippen molar-refractivity contribution in [1.82, 2.24) is 10.6 Å². The first-order valence-electron chi connectivity index (χ1n) is 5.02. The number of carbonyl (C=O) groups is 2. The molecule has 0 radical (unpaired) electrons. The summed E-state index contributed by atoms with van der Waals surface area (Å²) in [6.45, 7) is 2.28. The van der Waals surface area contributed by atoms with Crippen LogP contribution < -0.4 is 16.4 Å². The molecule has 0 saturated carbocycles. The van der Waals surface area contributed by atoms with Gasteiger partial charge in [-0.25, -0.2) is 4.79 Å². The Morgan fingerprint density at radius 3 is 2.53 bits per heavy atom. The summed E-state index contributed by atoms with van der Waals surface area (Å²) in [5, 5.41) is 13.5. The molecule has 6 nitrogen and oxygen atoms in total. The molecule has 0 aliphatic carbocycles. The van der Waals surface area contributed by atoms with Crippen molar-refractivity contribution in [1.29, 1.82) is 0 Å². The number of primary amides is 1. The Labute approximate surface area is 89.2 Å². The molecule has 5 N–H and O–H groups in total. The molecule has 3 amide bonds. The van der Waals surface area contributed by atoms with Gasteiger partial charge in [-0.1, -0.05) is 0 Å². The number of nitrogens with two attached hydrogens (primary N) is 1. The number of hydrogen-bond acceptors (Lipinski definition) is 3. The average Bonchev–Trinajstić information content (AvgIpc) is 2.16. The second-order valence-electron chi connectivity index (χ2n) is 3.31. The SMILES string of the molecule is CC(NC(N)=O)C(=O)NCCCCCO. The average molecular weight is 217 g/mol. The van der Waals surface area contributed by atoms with Gasteiger partial charge in [0.1, 0.15) is 6.04 Å². The lowest BCUT2D eigenvalue weighted by Gasteiger charge is -2.12. The molecular formula is C9H19N3O3. The van der Waals surface area contributed by atoms with Crippen LogP contribution in [0.25, 0.3) is 0 Å². The topological polar surface area (TPSA) is 104 Å². The second-order valence-corrected chi connectivity index (χ2v) is 3.31. The summed E-state index contributed by atoms with van der Waals surface area (Å²) in [5.41, 5.74) is 4.87. The summed E-state index contributed by atoms with van der Waals surface area (Å²) in [4.78, 5) is 21.7. The third-order valence-electron chi connectivity index (χ3n) is 1.89. The number of aliphatic hydroxyl groups excluding tert-OH is 1. The fourth-order valence-electron chi connectivity index (χ4n) is 1.06. The molecule has 0 aromatic carbocycles. The van der Waals surface area contributed by atoms with E-state index in [1.165, 1.54) is 0 Å². The number of aliphatic hydroxyl groups is 1. The van der Waals surface area contributed by atoms with Gasteiger partial charge < -0.3 is 21.5 Å². The Morgan fingerprint density at radius 1 is 1.33 bits per heavy atom. The first-order valence-corrected chi connectivity index (χ1v) is 5.02. The van der Waals surface area contributed by atoms with E-state index in [4.69, 9.17) is 10.8 Å². The smallest absolute Gasteiger partial charge is 0.312 e. The highest BCUT2D eigenvalue weighted by atomic mass is 16.3. The van der Waals surface area contributed by atoms with Crippen LogP contribution in [0.2, 0.25) is 0 Å². The summed E-state index contributed by atoms with van der Waals surface area (Å²) < 4.78 is 0. The molecule has 1 atom stereocenters. The van der Waals surface area contributed by atoms with Gasteiger partial charge in [0.2, 0.25) is 5.91 Å². The summed E-state index contributed by atoms with van der Waals surface area (Å²) in [5.74, 6) is -0.252. The molecule has 0 spiro atoms. The largest absolute Gasteiger partial charge is 0.396 e. The molecule has 0 aromatic rings. The minimum Gasteiger partial charge on any atom is -0.396 e. The Balaban J connectivity index is 3.51. The van der Waals surface area contributed by atoms with Gasteiger partial charge in [0.25, 0.3) is 0 Å².